The molecular weight excluding hydrogens is 432 g/mol. The highest BCUT2D eigenvalue weighted by Gasteiger charge is 2.80. The Labute approximate surface area is 214 Å². The summed E-state index contributed by atoms with van der Waals surface area (Å²) < 4.78 is 12.3. The van der Waals surface area contributed by atoms with Crippen molar-refractivity contribution in [1.82, 2.24) is 0 Å². The van der Waals surface area contributed by atoms with Crippen LogP contribution in [0.25, 0.3) is 0 Å². The Hall–Kier alpha value is -0.560. The van der Waals surface area contributed by atoms with Crippen LogP contribution in [0.3, 0.4) is 0 Å². The molecule has 0 radical (unpaired) electrons. The monoisotopic (exact) mass is 482 g/mol. The molecule has 0 aromatic carbocycles. The van der Waals surface area contributed by atoms with E-state index in [0.717, 1.165) is 49.5 Å². The molecule has 6 aliphatic rings. The van der Waals surface area contributed by atoms with Crippen LogP contribution in [0.5, 0.6) is 0 Å². The number of aliphatic hydroxyl groups excluding tert-OH is 1. The predicted molar refractivity (Wildman–Crippen MR) is 140 cm³/mol. The molecule has 6 rings (SSSR count). The highest BCUT2D eigenvalue weighted by molar-refractivity contribution is 5.28. The van der Waals surface area contributed by atoms with Crippen molar-refractivity contribution in [3.8, 4) is 11.8 Å². The van der Waals surface area contributed by atoms with Crippen LogP contribution in [0.4, 0.5) is 0 Å². The second-order valence-electron chi connectivity index (χ2n) is 14.6. The second-order valence-corrected chi connectivity index (χ2v) is 14.6. The van der Waals surface area contributed by atoms with Gasteiger partial charge in [0, 0.05) is 25.6 Å². The summed E-state index contributed by atoms with van der Waals surface area (Å²) in [5.74, 6) is 10.9. The lowest BCUT2D eigenvalue weighted by Gasteiger charge is -2.60. The lowest BCUT2D eigenvalue weighted by molar-refractivity contribution is -0.160. The van der Waals surface area contributed by atoms with Crippen molar-refractivity contribution >= 4 is 0 Å². The molecule has 0 amide bonds. The van der Waals surface area contributed by atoms with Gasteiger partial charge in [-0.1, -0.05) is 19.8 Å². The Kier molecular flexibility index (Phi) is 5.99. The fraction of sp³-hybridized carbons (Fsp3) is 0.938. The molecule has 3 nitrogen and oxygen atoms in total. The van der Waals surface area contributed by atoms with E-state index in [9.17, 15) is 5.11 Å². The fourth-order valence-electron chi connectivity index (χ4n) is 11.1. The number of hydrogen-bond donors (Lipinski definition) is 1. The van der Waals surface area contributed by atoms with Gasteiger partial charge in [-0.2, -0.15) is 0 Å². The van der Waals surface area contributed by atoms with Crippen LogP contribution < -0.4 is 0 Å². The topological polar surface area (TPSA) is 38.7 Å². The molecule has 11 atom stereocenters. The standard InChI is InChI=1S/C32H50O3/c1-29(2,27-11-7-9-17-35-27)15-8-6-10-21-12-13-23-22-18-28(34-5)32-19-25(32)26(33)20-31(32,4)24(22)14-16-30(21,23)3/h21-28,33H,6-7,9-14,16-20H2,1-5H3/t21-,22-,23-,24-,25+,26?,27?,28+,30+,31+,32-/m0/s1. The Morgan fingerprint density at radius 1 is 1.03 bits per heavy atom. The number of aliphatic hydroxyl groups is 1. The van der Waals surface area contributed by atoms with Gasteiger partial charge in [0.2, 0.25) is 0 Å². The summed E-state index contributed by atoms with van der Waals surface area (Å²) in [7, 11) is 1.94. The first-order chi connectivity index (χ1) is 16.7. The molecule has 0 aromatic heterocycles. The van der Waals surface area contributed by atoms with Crippen molar-refractivity contribution in [2.24, 2.45) is 51.2 Å². The predicted octanol–water partition coefficient (Wildman–Crippen LogP) is 6.62. The highest BCUT2D eigenvalue weighted by atomic mass is 16.5. The van der Waals surface area contributed by atoms with Crippen LogP contribution in [0, 0.1) is 63.1 Å². The second kappa shape index (κ2) is 8.47. The molecule has 3 heteroatoms. The molecule has 1 saturated heterocycles. The Morgan fingerprint density at radius 2 is 1.86 bits per heavy atom. The van der Waals surface area contributed by atoms with Crippen LogP contribution in [0.2, 0.25) is 0 Å². The van der Waals surface area contributed by atoms with Gasteiger partial charge in [0.05, 0.1) is 23.7 Å². The van der Waals surface area contributed by atoms with Gasteiger partial charge in [0.25, 0.3) is 0 Å². The van der Waals surface area contributed by atoms with Crippen LogP contribution >= 0.6 is 0 Å². The van der Waals surface area contributed by atoms with Crippen LogP contribution in [0.15, 0.2) is 0 Å². The summed E-state index contributed by atoms with van der Waals surface area (Å²) in [6.07, 6.45) is 15.5. The zero-order valence-corrected chi connectivity index (χ0v) is 23.1. The van der Waals surface area contributed by atoms with E-state index in [1.807, 2.05) is 7.11 Å². The third kappa shape index (κ3) is 3.48. The van der Waals surface area contributed by atoms with Crippen molar-refractivity contribution in [2.45, 2.75) is 123 Å². The lowest BCUT2D eigenvalue weighted by atomic mass is 9.45. The molecule has 1 spiro atoms. The van der Waals surface area contributed by atoms with Gasteiger partial charge in [-0.15, -0.1) is 5.92 Å². The molecule has 1 N–H and O–H groups in total. The zero-order chi connectivity index (χ0) is 24.6. The van der Waals surface area contributed by atoms with Crippen molar-refractivity contribution in [3.63, 3.8) is 0 Å². The molecule has 35 heavy (non-hydrogen) atoms. The molecule has 5 aliphatic carbocycles. The normalized spacial score (nSPS) is 52.5. The SMILES string of the molecule is CO[C@@H]1C[C@H]2[C@@H]3CC[C@H](CCC#CC(C)(C)C4CCCCO4)[C@@]3(C)CC[C@@H]2[C@@]2(C)CC(O)[C@H]3C[C@]312. The number of hydrogen-bond acceptors (Lipinski definition) is 3. The lowest BCUT2D eigenvalue weighted by Crippen LogP contribution is -2.56. The number of rotatable bonds is 4. The van der Waals surface area contributed by atoms with Crippen LogP contribution in [0.1, 0.15) is 105 Å². The van der Waals surface area contributed by atoms with Gasteiger partial charge < -0.3 is 14.6 Å². The van der Waals surface area contributed by atoms with E-state index in [2.05, 4.69) is 39.5 Å². The summed E-state index contributed by atoms with van der Waals surface area (Å²) in [5, 5.41) is 10.9. The first kappa shape index (κ1) is 24.8. The smallest absolute Gasteiger partial charge is 0.0735 e. The first-order valence-electron chi connectivity index (χ1n) is 15.0. The summed E-state index contributed by atoms with van der Waals surface area (Å²) in [6.45, 7) is 10.6. The summed E-state index contributed by atoms with van der Waals surface area (Å²) in [5.41, 5.74) is 0.983. The Morgan fingerprint density at radius 3 is 2.57 bits per heavy atom. The molecule has 2 unspecified atom stereocenters. The molecular formula is C32H50O3. The first-order valence-corrected chi connectivity index (χ1v) is 15.0. The fourth-order valence-corrected chi connectivity index (χ4v) is 11.1. The van der Waals surface area contributed by atoms with E-state index in [1.54, 1.807) is 0 Å². The van der Waals surface area contributed by atoms with Gasteiger partial charge in [-0.25, -0.2) is 0 Å². The maximum Gasteiger partial charge on any atom is 0.0735 e. The molecule has 0 aromatic rings. The van der Waals surface area contributed by atoms with Crippen molar-refractivity contribution in [3.05, 3.63) is 0 Å². The van der Waals surface area contributed by atoms with Gasteiger partial charge >= 0.3 is 0 Å². The quantitative estimate of drug-likeness (QED) is 0.458. The summed E-state index contributed by atoms with van der Waals surface area (Å²) in [6, 6.07) is 0. The minimum atomic E-state index is -0.0946. The minimum absolute atomic E-state index is 0.0320. The minimum Gasteiger partial charge on any atom is -0.393 e. The van der Waals surface area contributed by atoms with Gasteiger partial charge in [-0.3, -0.25) is 0 Å². The van der Waals surface area contributed by atoms with Crippen LogP contribution in [-0.4, -0.2) is 37.1 Å². The van der Waals surface area contributed by atoms with E-state index in [4.69, 9.17) is 9.47 Å². The maximum absolute atomic E-state index is 10.9. The molecule has 1 aliphatic heterocycles. The molecule has 1 heterocycles. The average Bonchev–Trinajstić information content (AvgIpc) is 3.44. The molecule has 5 saturated carbocycles. The van der Waals surface area contributed by atoms with E-state index in [-0.39, 0.29) is 22.3 Å². The van der Waals surface area contributed by atoms with Crippen LogP contribution in [-0.2, 0) is 9.47 Å². The summed E-state index contributed by atoms with van der Waals surface area (Å²) >= 11 is 0. The van der Waals surface area contributed by atoms with E-state index >= 15 is 0 Å². The zero-order valence-electron chi connectivity index (χ0n) is 23.1. The Bertz CT molecular complexity index is 879. The molecule has 196 valence electrons. The third-order valence-electron chi connectivity index (χ3n) is 13.0. The van der Waals surface area contributed by atoms with Crippen molar-refractivity contribution < 1.29 is 14.6 Å². The van der Waals surface area contributed by atoms with Crippen molar-refractivity contribution in [2.75, 3.05) is 13.7 Å². The summed E-state index contributed by atoms with van der Waals surface area (Å²) in [4.78, 5) is 0. The average molecular weight is 483 g/mol. The molecule has 0 bridgehead atoms. The maximum atomic E-state index is 10.9. The highest BCUT2D eigenvalue weighted by Crippen LogP contribution is 2.82. The number of fused-ring (bicyclic) bond motifs is 4. The number of methoxy groups -OCH3 is 1. The largest absolute Gasteiger partial charge is 0.393 e. The van der Waals surface area contributed by atoms with Gasteiger partial charge in [-0.05, 0) is 125 Å². The number of ether oxygens (including phenoxy) is 2. The molecule has 6 fully saturated rings. The van der Waals surface area contributed by atoms with E-state index in [1.165, 1.54) is 57.8 Å². The van der Waals surface area contributed by atoms with Gasteiger partial charge in [0.1, 0.15) is 0 Å². The Balaban J connectivity index is 1.14. The van der Waals surface area contributed by atoms with E-state index in [0.29, 0.717) is 23.5 Å². The van der Waals surface area contributed by atoms with Gasteiger partial charge in [0.15, 0.2) is 0 Å². The van der Waals surface area contributed by atoms with E-state index < -0.39 is 0 Å². The third-order valence-corrected chi connectivity index (χ3v) is 13.0. The van der Waals surface area contributed by atoms with Crippen molar-refractivity contribution in [1.29, 1.82) is 0 Å².